The molecule has 1 saturated heterocycles. The van der Waals surface area contributed by atoms with Crippen molar-refractivity contribution in [2.24, 2.45) is 0 Å². The SMILES string of the molecule is CCc1ccccc1Nc1cnc(C(=O)N2CCCC2)cn1. The third kappa shape index (κ3) is 3.08. The second-order valence-electron chi connectivity index (χ2n) is 5.42. The molecule has 22 heavy (non-hydrogen) atoms. The van der Waals surface area contributed by atoms with E-state index in [1.54, 1.807) is 12.4 Å². The summed E-state index contributed by atoms with van der Waals surface area (Å²) in [4.78, 5) is 22.6. The van der Waals surface area contributed by atoms with Crippen LogP contribution in [0.5, 0.6) is 0 Å². The molecule has 0 spiro atoms. The number of para-hydroxylation sites is 1. The number of aryl methyl sites for hydroxylation is 1. The molecule has 2 heterocycles. The van der Waals surface area contributed by atoms with Gasteiger partial charge in [0.2, 0.25) is 0 Å². The Balaban J connectivity index is 1.72. The van der Waals surface area contributed by atoms with E-state index >= 15 is 0 Å². The molecule has 0 aliphatic carbocycles. The minimum atomic E-state index is -0.0227. The summed E-state index contributed by atoms with van der Waals surface area (Å²) in [6.45, 7) is 3.76. The number of carbonyl (C=O) groups excluding carboxylic acids is 1. The van der Waals surface area contributed by atoms with Crippen molar-refractivity contribution in [2.45, 2.75) is 26.2 Å². The van der Waals surface area contributed by atoms with Gasteiger partial charge in [-0.15, -0.1) is 0 Å². The molecule has 2 aromatic rings. The lowest BCUT2D eigenvalue weighted by Crippen LogP contribution is -2.28. The highest BCUT2D eigenvalue weighted by Gasteiger charge is 2.20. The summed E-state index contributed by atoms with van der Waals surface area (Å²) < 4.78 is 0. The Morgan fingerprint density at radius 3 is 2.64 bits per heavy atom. The van der Waals surface area contributed by atoms with E-state index < -0.39 is 0 Å². The molecule has 1 fully saturated rings. The Kier molecular flexibility index (Phi) is 4.32. The first-order valence-electron chi connectivity index (χ1n) is 7.74. The minimum absolute atomic E-state index is 0.0227. The molecule has 1 aliphatic rings. The topological polar surface area (TPSA) is 58.1 Å². The van der Waals surface area contributed by atoms with Crippen molar-refractivity contribution in [3.8, 4) is 0 Å². The summed E-state index contributed by atoms with van der Waals surface area (Å²) in [5.74, 6) is 0.629. The highest BCUT2D eigenvalue weighted by Crippen LogP contribution is 2.19. The lowest BCUT2D eigenvalue weighted by molar-refractivity contribution is 0.0786. The second kappa shape index (κ2) is 6.56. The Bertz CT molecular complexity index is 648. The highest BCUT2D eigenvalue weighted by molar-refractivity contribution is 5.92. The first-order chi connectivity index (χ1) is 10.8. The van der Waals surface area contributed by atoms with Gasteiger partial charge < -0.3 is 10.2 Å². The number of nitrogens with one attached hydrogen (secondary N) is 1. The molecule has 1 N–H and O–H groups in total. The molecule has 5 nitrogen and oxygen atoms in total. The Morgan fingerprint density at radius 1 is 1.18 bits per heavy atom. The number of likely N-dealkylation sites (tertiary alicyclic amines) is 1. The van der Waals surface area contributed by atoms with Gasteiger partial charge in [-0.25, -0.2) is 9.97 Å². The molecule has 1 aromatic heterocycles. The number of aromatic nitrogens is 2. The highest BCUT2D eigenvalue weighted by atomic mass is 16.2. The number of hydrogen-bond donors (Lipinski definition) is 1. The van der Waals surface area contributed by atoms with E-state index in [9.17, 15) is 4.79 Å². The van der Waals surface area contributed by atoms with Crippen molar-refractivity contribution >= 4 is 17.4 Å². The number of nitrogens with zero attached hydrogens (tertiary/aromatic N) is 3. The first kappa shape index (κ1) is 14.5. The Hall–Kier alpha value is -2.43. The van der Waals surface area contributed by atoms with Gasteiger partial charge in [0.25, 0.3) is 5.91 Å². The van der Waals surface area contributed by atoms with Crippen LogP contribution in [0, 0.1) is 0 Å². The number of hydrogen-bond acceptors (Lipinski definition) is 4. The zero-order valence-corrected chi connectivity index (χ0v) is 12.7. The molecule has 1 aliphatic heterocycles. The van der Waals surface area contributed by atoms with Crippen molar-refractivity contribution in [1.29, 1.82) is 0 Å². The van der Waals surface area contributed by atoms with E-state index in [2.05, 4.69) is 28.3 Å². The zero-order valence-electron chi connectivity index (χ0n) is 12.7. The van der Waals surface area contributed by atoms with Crippen LogP contribution in [0.3, 0.4) is 0 Å². The van der Waals surface area contributed by atoms with Crippen molar-refractivity contribution < 1.29 is 4.79 Å². The van der Waals surface area contributed by atoms with Gasteiger partial charge in [0.15, 0.2) is 0 Å². The Morgan fingerprint density at radius 2 is 1.95 bits per heavy atom. The number of amides is 1. The van der Waals surface area contributed by atoms with Crippen molar-refractivity contribution in [3.63, 3.8) is 0 Å². The van der Waals surface area contributed by atoms with Crippen molar-refractivity contribution in [2.75, 3.05) is 18.4 Å². The van der Waals surface area contributed by atoms with Crippen LogP contribution < -0.4 is 5.32 Å². The van der Waals surface area contributed by atoms with Crippen LogP contribution in [0.1, 0.15) is 35.8 Å². The van der Waals surface area contributed by atoms with E-state index in [0.717, 1.165) is 38.0 Å². The molecule has 1 amide bonds. The number of anilines is 2. The fraction of sp³-hybridized carbons (Fsp3) is 0.353. The molecule has 1 aromatic carbocycles. The molecule has 0 unspecified atom stereocenters. The molecule has 3 rings (SSSR count). The van der Waals surface area contributed by atoms with E-state index in [-0.39, 0.29) is 5.91 Å². The molecular weight excluding hydrogens is 276 g/mol. The van der Waals surface area contributed by atoms with Crippen molar-refractivity contribution in [1.82, 2.24) is 14.9 Å². The minimum Gasteiger partial charge on any atom is -0.339 e. The van der Waals surface area contributed by atoms with Gasteiger partial charge in [-0.1, -0.05) is 25.1 Å². The van der Waals surface area contributed by atoms with Crippen LogP contribution in [-0.2, 0) is 6.42 Å². The van der Waals surface area contributed by atoms with E-state index in [1.807, 2.05) is 23.1 Å². The predicted octanol–water partition coefficient (Wildman–Crippen LogP) is 3.02. The molecular formula is C17H20N4O. The lowest BCUT2D eigenvalue weighted by atomic mass is 10.1. The van der Waals surface area contributed by atoms with Gasteiger partial charge in [-0.3, -0.25) is 4.79 Å². The first-order valence-corrected chi connectivity index (χ1v) is 7.74. The maximum absolute atomic E-state index is 12.2. The van der Waals surface area contributed by atoms with Gasteiger partial charge in [0.05, 0.1) is 12.4 Å². The molecule has 0 radical (unpaired) electrons. The molecule has 0 saturated carbocycles. The van der Waals surface area contributed by atoms with Crippen LogP contribution >= 0.6 is 0 Å². The summed E-state index contributed by atoms with van der Waals surface area (Å²) in [5.41, 5.74) is 2.66. The van der Waals surface area contributed by atoms with Crippen LogP contribution in [0.15, 0.2) is 36.7 Å². The summed E-state index contributed by atoms with van der Waals surface area (Å²) in [6, 6.07) is 8.11. The molecule has 114 valence electrons. The van der Waals surface area contributed by atoms with Crippen LogP contribution in [-0.4, -0.2) is 33.9 Å². The maximum atomic E-state index is 12.2. The van der Waals surface area contributed by atoms with E-state index in [0.29, 0.717) is 11.5 Å². The largest absolute Gasteiger partial charge is 0.339 e. The Labute approximate surface area is 130 Å². The third-order valence-corrected chi connectivity index (χ3v) is 3.93. The lowest BCUT2D eigenvalue weighted by Gasteiger charge is -2.14. The second-order valence-corrected chi connectivity index (χ2v) is 5.42. The summed E-state index contributed by atoms with van der Waals surface area (Å²) in [6.07, 6.45) is 6.27. The maximum Gasteiger partial charge on any atom is 0.274 e. The standard InChI is InChI=1S/C17H20N4O/c1-2-13-7-3-4-8-14(13)20-16-12-18-15(11-19-16)17(22)21-9-5-6-10-21/h3-4,7-8,11-12H,2,5-6,9-10H2,1H3,(H,19,20). The zero-order chi connectivity index (χ0) is 15.4. The monoisotopic (exact) mass is 296 g/mol. The van der Waals surface area contributed by atoms with Gasteiger partial charge in [0, 0.05) is 18.8 Å². The number of carbonyl (C=O) groups is 1. The predicted molar refractivity (Wildman–Crippen MR) is 86.3 cm³/mol. The van der Waals surface area contributed by atoms with Gasteiger partial charge in [-0.2, -0.15) is 0 Å². The molecule has 0 atom stereocenters. The van der Waals surface area contributed by atoms with Gasteiger partial charge in [-0.05, 0) is 30.9 Å². The quantitative estimate of drug-likeness (QED) is 0.942. The number of rotatable bonds is 4. The van der Waals surface area contributed by atoms with Crippen LogP contribution in [0.4, 0.5) is 11.5 Å². The van der Waals surface area contributed by atoms with Gasteiger partial charge >= 0.3 is 0 Å². The fourth-order valence-electron chi connectivity index (χ4n) is 2.67. The normalized spacial score (nSPS) is 14.1. The third-order valence-electron chi connectivity index (χ3n) is 3.93. The van der Waals surface area contributed by atoms with Crippen LogP contribution in [0.25, 0.3) is 0 Å². The molecule has 0 bridgehead atoms. The average molecular weight is 296 g/mol. The smallest absolute Gasteiger partial charge is 0.274 e. The van der Waals surface area contributed by atoms with E-state index in [1.165, 1.54) is 5.56 Å². The van der Waals surface area contributed by atoms with Gasteiger partial charge in [0.1, 0.15) is 11.5 Å². The number of benzene rings is 1. The average Bonchev–Trinajstić information content (AvgIpc) is 3.10. The summed E-state index contributed by atoms with van der Waals surface area (Å²) >= 11 is 0. The van der Waals surface area contributed by atoms with E-state index in [4.69, 9.17) is 0 Å². The summed E-state index contributed by atoms with van der Waals surface area (Å²) in [5, 5.41) is 3.26. The van der Waals surface area contributed by atoms with Crippen LogP contribution in [0.2, 0.25) is 0 Å². The fourth-order valence-corrected chi connectivity index (χ4v) is 2.67. The molecule has 5 heteroatoms. The summed E-state index contributed by atoms with van der Waals surface area (Å²) in [7, 11) is 0. The van der Waals surface area contributed by atoms with Crippen molar-refractivity contribution in [3.05, 3.63) is 47.9 Å².